The number of hydrogen-bond donors (Lipinski definition) is 1. The summed E-state index contributed by atoms with van der Waals surface area (Å²) in [6.45, 7) is 9.74. The lowest BCUT2D eigenvalue weighted by Crippen LogP contribution is -2.37. The van der Waals surface area contributed by atoms with Gasteiger partial charge in [-0.3, -0.25) is 14.9 Å². The van der Waals surface area contributed by atoms with Crippen LogP contribution in [0.3, 0.4) is 0 Å². The molecule has 0 bridgehead atoms. The second-order valence-electron chi connectivity index (χ2n) is 5.39. The minimum absolute atomic E-state index is 0.0124. The van der Waals surface area contributed by atoms with E-state index in [1.54, 1.807) is 0 Å². The predicted molar refractivity (Wildman–Crippen MR) is 87.0 cm³/mol. The number of carbonyl (C=O) groups is 2. The molecule has 1 aromatic heterocycles. The van der Waals surface area contributed by atoms with E-state index in [2.05, 4.69) is 23.8 Å². The van der Waals surface area contributed by atoms with Crippen LogP contribution in [0.5, 0.6) is 0 Å². The van der Waals surface area contributed by atoms with Crippen LogP contribution >= 0.6 is 0 Å². The molecule has 0 unspecified atom stereocenters. The number of nitrogens with one attached hydrogen (secondary N) is 1. The molecule has 0 spiro atoms. The van der Waals surface area contributed by atoms with Gasteiger partial charge in [-0.2, -0.15) is 0 Å². The van der Waals surface area contributed by atoms with E-state index < -0.39 is 0 Å². The van der Waals surface area contributed by atoms with E-state index in [-0.39, 0.29) is 18.4 Å². The molecule has 1 aliphatic heterocycles. The molecule has 2 rings (SSSR count). The Labute approximate surface area is 136 Å². The first-order chi connectivity index (χ1) is 11.1. The summed E-state index contributed by atoms with van der Waals surface area (Å²) in [6, 6.07) is 0. The number of anilines is 1. The molecule has 0 atom stereocenters. The van der Waals surface area contributed by atoms with Crippen LogP contribution in [-0.2, 0) is 33.9 Å². The van der Waals surface area contributed by atoms with Crippen molar-refractivity contribution in [2.75, 3.05) is 25.0 Å². The van der Waals surface area contributed by atoms with Crippen LogP contribution in [0.25, 0.3) is 0 Å². The molecule has 7 nitrogen and oxygen atoms in total. The average molecular weight is 320 g/mol. The highest BCUT2D eigenvalue weighted by Crippen LogP contribution is 2.22. The first-order valence-electron chi connectivity index (χ1n) is 7.97. The molecule has 1 aromatic rings. The zero-order valence-electron chi connectivity index (χ0n) is 13.8. The molecule has 7 heteroatoms. The molecule has 0 aliphatic carbocycles. The summed E-state index contributed by atoms with van der Waals surface area (Å²) in [5, 5.41) is 2.83. The lowest BCUT2D eigenvalue weighted by atomic mass is 10.2. The van der Waals surface area contributed by atoms with Gasteiger partial charge >= 0.3 is 0 Å². The number of fused-ring (bicyclic) bond motifs is 1. The molecule has 0 radical (unpaired) electrons. The van der Waals surface area contributed by atoms with Crippen LogP contribution in [0.2, 0.25) is 0 Å². The molecule has 126 valence electrons. The number of hydrogen-bond acceptors (Lipinski definition) is 4. The largest absolute Gasteiger partial charge is 0.375 e. The van der Waals surface area contributed by atoms with Crippen LogP contribution in [0.1, 0.15) is 31.7 Å². The number of amides is 2. The smallest absolute Gasteiger partial charge is 0.246 e. The number of ether oxygens (including phenoxy) is 1. The molecule has 1 N–H and O–H groups in total. The van der Waals surface area contributed by atoms with Gasteiger partial charge in [0.1, 0.15) is 6.54 Å². The Hall–Kier alpha value is -2.15. The Morgan fingerprint density at radius 2 is 2.26 bits per heavy atom. The van der Waals surface area contributed by atoms with Crippen molar-refractivity contribution in [3.63, 3.8) is 0 Å². The molecule has 2 heterocycles. The van der Waals surface area contributed by atoms with E-state index in [9.17, 15) is 9.59 Å². The van der Waals surface area contributed by atoms with Gasteiger partial charge in [-0.1, -0.05) is 13.5 Å². The third kappa shape index (κ3) is 3.98. The number of nitrogens with zero attached hydrogens (tertiary/aromatic N) is 3. The topological polar surface area (TPSA) is 76.5 Å². The first-order valence-corrected chi connectivity index (χ1v) is 7.97. The number of rotatable bonds is 7. The quantitative estimate of drug-likeness (QED) is 0.769. The first kappa shape index (κ1) is 17.2. The van der Waals surface area contributed by atoms with Gasteiger partial charge in [-0.25, -0.2) is 4.98 Å². The number of likely N-dealkylation sites (N-methyl/N-ethyl adjacent to an activating group) is 1. The fraction of sp³-hybridized carbons (Fsp3) is 0.562. The minimum Gasteiger partial charge on any atom is -0.375 e. The highest BCUT2D eigenvalue weighted by atomic mass is 16.5. The SMILES string of the molecule is C=CC(=O)N(CC)CC(=O)Nc1nc2c(n1CCC)CCOC2. The summed E-state index contributed by atoms with van der Waals surface area (Å²) in [4.78, 5) is 29.8. The second-order valence-corrected chi connectivity index (χ2v) is 5.39. The van der Waals surface area contributed by atoms with Crippen molar-refractivity contribution < 1.29 is 14.3 Å². The van der Waals surface area contributed by atoms with Gasteiger partial charge in [-0.05, 0) is 19.4 Å². The summed E-state index contributed by atoms with van der Waals surface area (Å²) in [5.74, 6) is 0.0179. The Morgan fingerprint density at radius 1 is 1.48 bits per heavy atom. The lowest BCUT2D eigenvalue weighted by molar-refractivity contribution is -0.130. The van der Waals surface area contributed by atoms with Gasteiger partial charge < -0.3 is 14.2 Å². The summed E-state index contributed by atoms with van der Waals surface area (Å²) >= 11 is 0. The molecular formula is C16H24N4O3. The number of aromatic nitrogens is 2. The van der Waals surface area contributed by atoms with Crippen molar-refractivity contribution >= 4 is 17.8 Å². The van der Waals surface area contributed by atoms with Crippen molar-refractivity contribution in [2.24, 2.45) is 0 Å². The summed E-state index contributed by atoms with van der Waals surface area (Å²) in [7, 11) is 0. The van der Waals surface area contributed by atoms with E-state index in [0.717, 1.165) is 30.8 Å². The molecule has 2 amide bonds. The molecule has 0 fully saturated rings. The van der Waals surface area contributed by atoms with Gasteiger partial charge in [0.25, 0.3) is 0 Å². The van der Waals surface area contributed by atoms with E-state index >= 15 is 0 Å². The Kier molecular flexibility index (Phi) is 5.92. The maximum atomic E-state index is 12.2. The third-order valence-corrected chi connectivity index (χ3v) is 3.78. The summed E-state index contributed by atoms with van der Waals surface area (Å²) in [6.07, 6.45) is 2.96. The number of imidazole rings is 1. The number of carbonyl (C=O) groups excluding carboxylic acids is 2. The Morgan fingerprint density at radius 3 is 2.91 bits per heavy atom. The zero-order chi connectivity index (χ0) is 16.8. The van der Waals surface area contributed by atoms with Gasteiger partial charge in [0.05, 0.1) is 18.9 Å². The molecule has 0 saturated heterocycles. The van der Waals surface area contributed by atoms with Crippen molar-refractivity contribution in [1.29, 1.82) is 0 Å². The van der Waals surface area contributed by atoms with Gasteiger partial charge in [0.15, 0.2) is 0 Å². The fourth-order valence-corrected chi connectivity index (χ4v) is 2.64. The highest BCUT2D eigenvalue weighted by molar-refractivity contribution is 5.95. The Balaban J connectivity index is 2.12. The van der Waals surface area contributed by atoms with Crippen molar-refractivity contribution in [2.45, 2.75) is 39.8 Å². The summed E-state index contributed by atoms with van der Waals surface area (Å²) < 4.78 is 7.47. The second kappa shape index (κ2) is 7.92. The van der Waals surface area contributed by atoms with Crippen molar-refractivity contribution in [1.82, 2.24) is 14.5 Å². The molecule has 1 aliphatic rings. The van der Waals surface area contributed by atoms with Crippen molar-refractivity contribution in [3.8, 4) is 0 Å². The highest BCUT2D eigenvalue weighted by Gasteiger charge is 2.22. The van der Waals surface area contributed by atoms with Crippen LogP contribution in [0.15, 0.2) is 12.7 Å². The van der Waals surface area contributed by atoms with Crippen LogP contribution in [0, 0.1) is 0 Å². The average Bonchev–Trinajstić information content (AvgIpc) is 2.90. The monoisotopic (exact) mass is 320 g/mol. The van der Waals surface area contributed by atoms with E-state index in [0.29, 0.717) is 25.7 Å². The van der Waals surface area contributed by atoms with E-state index in [1.807, 2.05) is 11.5 Å². The van der Waals surface area contributed by atoms with E-state index in [1.165, 1.54) is 11.0 Å². The van der Waals surface area contributed by atoms with Gasteiger partial charge in [-0.15, -0.1) is 0 Å². The van der Waals surface area contributed by atoms with Crippen LogP contribution in [0.4, 0.5) is 5.95 Å². The van der Waals surface area contributed by atoms with Gasteiger partial charge in [0, 0.05) is 25.2 Å². The minimum atomic E-state index is -0.261. The lowest BCUT2D eigenvalue weighted by Gasteiger charge is -2.19. The van der Waals surface area contributed by atoms with Gasteiger partial charge in [0.2, 0.25) is 17.8 Å². The third-order valence-electron chi connectivity index (χ3n) is 3.78. The standard InChI is InChI=1S/C16H24N4O3/c1-4-8-20-13-7-9-23-11-12(13)17-16(20)18-14(21)10-19(6-3)15(22)5-2/h5H,2,4,6-11H2,1,3H3,(H,17,18,21). The van der Waals surface area contributed by atoms with Crippen molar-refractivity contribution in [3.05, 3.63) is 24.0 Å². The normalized spacial score (nSPS) is 13.3. The van der Waals surface area contributed by atoms with Crippen LogP contribution in [-0.4, -0.2) is 46.0 Å². The molecule has 0 aromatic carbocycles. The van der Waals surface area contributed by atoms with Crippen LogP contribution < -0.4 is 5.32 Å². The van der Waals surface area contributed by atoms with E-state index in [4.69, 9.17) is 4.74 Å². The molecule has 23 heavy (non-hydrogen) atoms. The molecular weight excluding hydrogens is 296 g/mol. The predicted octanol–water partition coefficient (Wildman–Crippen LogP) is 1.34. The fourth-order valence-electron chi connectivity index (χ4n) is 2.64. The Bertz CT molecular complexity index is 594. The molecule has 0 saturated carbocycles. The zero-order valence-corrected chi connectivity index (χ0v) is 13.8. The summed E-state index contributed by atoms with van der Waals surface area (Å²) in [5.41, 5.74) is 2.01. The maximum Gasteiger partial charge on any atom is 0.246 e. The maximum absolute atomic E-state index is 12.2.